The number of ether oxygens (including phenoxy) is 1. The van der Waals surface area contributed by atoms with E-state index in [1.54, 1.807) is 24.1 Å². The van der Waals surface area contributed by atoms with Crippen molar-refractivity contribution in [2.45, 2.75) is 24.7 Å². The van der Waals surface area contributed by atoms with Gasteiger partial charge in [0.1, 0.15) is 5.56 Å². The Bertz CT molecular complexity index is 800. The molecule has 29 heavy (non-hydrogen) atoms. The lowest BCUT2D eigenvalue weighted by Gasteiger charge is -2.32. The van der Waals surface area contributed by atoms with E-state index in [2.05, 4.69) is 0 Å². The lowest BCUT2D eigenvalue weighted by Crippen LogP contribution is -2.47. The number of nitrogens with zero attached hydrogens (tertiary/aromatic N) is 3. The Morgan fingerprint density at radius 1 is 1.38 bits per heavy atom. The number of thioether (sulfide) groups is 1. The average Bonchev–Trinajstić information content (AvgIpc) is 2.72. The topological polar surface area (TPSA) is 110 Å². The molecule has 10 heteroatoms. The largest absolute Gasteiger partial charge is 0.466 e. The van der Waals surface area contributed by atoms with Crippen LogP contribution >= 0.6 is 11.8 Å². The summed E-state index contributed by atoms with van der Waals surface area (Å²) >= 11 is 1.36. The number of piperidine rings is 1. The molecule has 2 rings (SSSR count). The summed E-state index contributed by atoms with van der Waals surface area (Å²) < 4.78 is 5.04. The molecule has 1 fully saturated rings. The molecule has 0 bridgehead atoms. The summed E-state index contributed by atoms with van der Waals surface area (Å²) in [6.07, 6.45) is 3.14. The van der Waals surface area contributed by atoms with Crippen molar-refractivity contribution in [2.24, 2.45) is 5.92 Å². The van der Waals surface area contributed by atoms with Crippen LogP contribution in [-0.2, 0) is 14.3 Å². The molecule has 9 nitrogen and oxygen atoms in total. The first-order chi connectivity index (χ1) is 13.8. The first kappa shape index (κ1) is 22.7. The number of hydrogen-bond acceptors (Lipinski definition) is 7. The van der Waals surface area contributed by atoms with E-state index in [0.717, 1.165) is 0 Å². The number of carbonyl (C=O) groups is 3. The predicted molar refractivity (Wildman–Crippen MR) is 108 cm³/mol. The Hall–Kier alpha value is -2.62. The van der Waals surface area contributed by atoms with Crippen molar-refractivity contribution < 1.29 is 24.0 Å². The van der Waals surface area contributed by atoms with Gasteiger partial charge in [0.25, 0.3) is 11.6 Å². The van der Waals surface area contributed by atoms with E-state index in [4.69, 9.17) is 4.74 Å². The van der Waals surface area contributed by atoms with Gasteiger partial charge in [-0.15, -0.1) is 11.8 Å². The van der Waals surface area contributed by atoms with Crippen molar-refractivity contribution in [3.8, 4) is 0 Å². The molecule has 1 atom stereocenters. The third-order valence-electron chi connectivity index (χ3n) is 4.74. The number of amides is 2. The van der Waals surface area contributed by atoms with Crippen molar-refractivity contribution in [3.05, 3.63) is 33.9 Å². The van der Waals surface area contributed by atoms with E-state index in [-0.39, 0.29) is 48.7 Å². The molecule has 0 N–H and O–H groups in total. The summed E-state index contributed by atoms with van der Waals surface area (Å²) in [5.41, 5.74) is -0.354. The zero-order chi connectivity index (χ0) is 21.6. The highest BCUT2D eigenvalue weighted by molar-refractivity contribution is 7.98. The summed E-state index contributed by atoms with van der Waals surface area (Å²) in [6.45, 7) is 2.54. The molecule has 1 aliphatic rings. The van der Waals surface area contributed by atoms with E-state index < -0.39 is 10.8 Å². The summed E-state index contributed by atoms with van der Waals surface area (Å²) in [7, 11) is 1.43. The number of carbonyl (C=O) groups excluding carboxylic acids is 3. The lowest BCUT2D eigenvalue weighted by molar-refractivity contribution is -0.385. The molecule has 2 amide bonds. The van der Waals surface area contributed by atoms with Crippen LogP contribution < -0.4 is 0 Å². The maximum absolute atomic E-state index is 12.8. The molecule has 0 saturated carbocycles. The number of hydrogen-bond donors (Lipinski definition) is 0. The smallest absolute Gasteiger partial charge is 0.310 e. The Morgan fingerprint density at radius 3 is 2.72 bits per heavy atom. The van der Waals surface area contributed by atoms with Crippen molar-refractivity contribution in [1.82, 2.24) is 9.80 Å². The van der Waals surface area contributed by atoms with E-state index in [9.17, 15) is 24.5 Å². The zero-order valence-electron chi connectivity index (χ0n) is 16.8. The molecule has 158 valence electrons. The zero-order valence-corrected chi connectivity index (χ0v) is 17.6. The van der Waals surface area contributed by atoms with Crippen LogP contribution in [0.2, 0.25) is 0 Å². The number of rotatable bonds is 7. The number of nitro benzene ring substituents is 1. The fraction of sp³-hybridized carbons (Fsp3) is 0.526. The van der Waals surface area contributed by atoms with Crippen LogP contribution in [-0.4, -0.2) is 72.1 Å². The third-order valence-corrected chi connectivity index (χ3v) is 5.47. The number of benzene rings is 1. The van der Waals surface area contributed by atoms with E-state index in [0.29, 0.717) is 24.3 Å². The summed E-state index contributed by atoms with van der Waals surface area (Å²) in [5, 5.41) is 11.3. The van der Waals surface area contributed by atoms with Gasteiger partial charge in [0.05, 0.1) is 24.0 Å². The fourth-order valence-corrected chi connectivity index (χ4v) is 3.65. The van der Waals surface area contributed by atoms with E-state index >= 15 is 0 Å². The van der Waals surface area contributed by atoms with Gasteiger partial charge in [-0.1, -0.05) is 0 Å². The van der Waals surface area contributed by atoms with E-state index in [1.807, 2.05) is 0 Å². The van der Waals surface area contributed by atoms with Gasteiger partial charge in [-0.25, -0.2) is 0 Å². The molecule has 1 aliphatic heterocycles. The van der Waals surface area contributed by atoms with Crippen LogP contribution in [0.25, 0.3) is 0 Å². The van der Waals surface area contributed by atoms with Crippen molar-refractivity contribution in [3.63, 3.8) is 0 Å². The lowest BCUT2D eigenvalue weighted by atomic mass is 9.98. The van der Waals surface area contributed by atoms with Gasteiger partial charge in [-0.3, -0.25) is 24.5 Å². The number of nitro groups is 1. The predicted octanol–water partition coefficient (Wildman–Crippen LogP) is 2.19. The SMILES string of the molecule is CCOC(=O)C1CCCN(C(=O)CN(C)C(=O)c2cc(SC)ccc2[N+](=O)[O-])C1. The van der Waals surface area contributed by atoms with Gasteiger partial charge in [0.15, 0.2) is 0 Å². The maximum atomic E-state index is 12.8. The molecule has 1 aromatic rings. The van der Waals surface area contributed by atoms with Gasteiger partial charge in [-0.05, 0) is 38.2 Å². The number of likely N-dealkylation sites (N-methyl/N-ethyl adjacent to an activating group) is 1. The maximum Gasteiger partial charge on any atom is 0.310 e. The third kappa shape index (κ3) is 5.69. The van der Waals surface area contributed by atoms with Gasteiger partial charge >= 0.3 is 5.97 Å². The standard InChI is InChI=1S/C19H25N3O6S/c1-4-28-19(25)13-6-5-9-21(11-13)17(23)12-20(2)18(24)15-10-14(29-3)7-8-16(15)22(26)27/h7-8,10,13H,4-6,9,11-12H2,1-3H3. The molecule has 1 heterocycles. The molecular weight excluding hydrogens is 398 g/mol. The summed E-state index contributed by atoms with van der Waals surface area (Å²) in [5.74, 6) is -1.59. The molecule has 1 unspecified atom stereocenters. The van der Waals surface area contributed by atoms with Crippen molar-refractivity contribution >= 4 is 35.2 Å². The Morgan fingerprint density at radius 2 is 2.10 bits per heavy atom. The fourth-order valence-electron chi connectivity index (χ4n) is 3.21. The number of likely N-dealkylation sites (tertiary alicyclic amines) is 1. The molecule has 0 aromatic heterocycles. The Kier molecular flexibility index (Phi) is 8.00. The minimum Gasteiger partial charge on any atom is -0.466 e. The Labute approximate surface area is 173 Å². The van der Waals surface area contributed by atoms with Crippen molar-refractivity contribution in [1.29, 1.82) is 0 Å². The molecule has 0 radical (unpaired) electrons. The summed E-state index contributed by atoms with van der Waals surface area (Å²) in [4.78, 5) is 51.5. The monoisotopic (exact) mass is 423 g/mol. The van der Waals surface area contributed by atoms with Crippen LogP contribution in [0.15, 0.2) is 23.1 Å². The van der Waals surface area contributed by atoms with Crippen LogP contribution in [0.3, 0.4) is 0 Å². The number of esters is 1. The first-order valence-electron chi connectivity index (χ1n) is 9.30. The molecule has 1 saturated heterocycles. The second-order valence-corrected chi connectivity index (χ2v) is 7.61. The Balaban J connectivity index is 2.08. The normalized spacial score (nSPS) is 16.2. The summed E-state index contributed by atoms with van der Waals surface area (Å²) in [6, 6.07) is 4.33. The van der Waals surface area contributed by atoms with Gasteiger partial charge < -0.3 is 14.5 Å². The van der Waals surface area contributed by atoms with Gasteiger partial charge in [0, 0.05) is 31.1 Å². The van der Waals surface area contributed by atoms with Crippen LogP contribution in [0.1, 0.15) is 30.1 Å². The van der Waals surface area contributed by atoms with Crippen molar-refractivity contribution in [2.75, 3.05) is 39.5 Å². The van der Waals surface area contributed by atoms with Crippen LogP contribution in [0, 0.1) is 16.0 Å². The first-order valence-corrected chi connectivity index (χ1v) is 10.5. The van der Waals surface area contributed by atoms with Gasteiger partial charge in [0.2, 0.25) is 5.91 Å². The molecule has 0 spiro atoms. The highest BCUT2D eigenvalue weighted by atomic mass is 32.2. The van der Waals surface area contributed by atoms with Crippen LogP contribution in [0.4, 0.5) is 5.69 Å². The molecular formula is C19H25N3O6S. The second-order valence-electron chi connectivity index (χ2n) is 6.73. The van der Waals surface area contributed by atoms with Gasteiger partial charge in [-0.2, -0.15) is 0 Å². The minimum atomic E-state index is -0.610. The highest BCUT2D eigenvalue weighted by Gasteiger charge is 2.31. The second kappa shape index (κ2) is 10.2. The van der Waals surface area contributed by atoms with Crippen LogP contribution in [0.5, 0.6) is 0 Å². The van der Waals surface area contributed by atoms with E-state index in [1.165, 1.54) is 35.8 Å². The average molecular weight is 423 g/mol. The molecule has 0 aliphatic carbocycles. The quantitative estimate of drug-likeness (QED) is 0.286. The minimum absolute atomic E-state index is 0.0554. The molecule has 1 aromatic carbocycles. The highest BCUT2D eigenvalue weighted by Crippen LogP contribution is 2.26.